The molecule has 1 aromatic heterocycles. The summed E-state index contributed by atoms with van der Waals surface area (Å²) in [6.07, 6.45) is 2.46. The average molecular weight is 310 g/mol. The van der Waals surface area contributed by atoms with Crippen molar-refractivity contribution in [2.45, 2.75) is 12.8 Å². The van der Waals surface area contributed by atoms with Gasteiger partial charge >= 0.3 is 17.9 Å². The number of methoxy groups -OCH3 is 1. The lowest BCUT2D eigenvalue weighted by molar-refractivity contribution is -0.136. The molecule has 1 aromatic rings. The molecule has 1 aliphatic rings. The van der Waals surface area contributed by atoms with Gasteiger partial charge in [-0.1, -0.05) is 5.16 Å². The van der Waals surface area contributed by atoms with Crippen LogP contribution in [-0.2, 0) is 14.3 Å². The SMILES string of the molecule is COC(=O)N1CCC(CNC(=O)C(=O)Nc2ccon2)CC1. The first-order valence-electron chi connectivity index (χ1n) is 6.92. The summed E-state index contributed by atoms with van der Waals surface area (Å²) in [6, 6.07) is 1.44. The van der Waals surface area contributed by atoms with E-state index in [9.17, 15) is 14.4 Å². The number of piperidine rings is 1. The molecule has 1 fully saturated rings. The zero-order valence-corrected chi connectivity index (χ0v) is 12.2. The molecule has 120 valence electrons. The Morgan fingerprint density at radius 2 is 2.09 bits per heavy atom. The monoisotopic (exact) mass is 310 g/mol. The fraction of sp³-hybridized carbons (Fsp3) is 0.538. The molecule has 22 heavy (non-hydrogen) atoms. The fourth-order valence-electron chi connectivity index (χ4n) is 2.22. The van der Waals surface area contributed by atoms with E-state index in [4.69, 9.17) is 0 Å². The number of carbonyl (C=O) groups is 3. The maximum absolute atomic E-state index is 11.7. The molecule has 0 atom stereocenters. The van der Waals surface area contributed by atoms with Gasteiger partial charge in [0.2, 0.25) is 0 Å². The second-order valence-corrected chi connectivity index (χ2v) is 4.95. The molecule has 0 bridgehead atoms. The van der Waals surface area contributed by atoms with Gasteiger partial charge in [0.25, 0.3) is 0 Å². The topological polar surface area (TPSA) is 114 Å². The van der Waals surface area contributed by atoms with E-state index in [0.717, 1.165) is 12.8 Å². The summed E-state index contributed by atoms with van der Waals surface area (Å²) in [5, 5.41) is 8.38. The van der Waals surface area contributed by atoms with E-state index >= 15 is 0 Å². The van der Waals surface area contributed by atoms with Crippen LogP contribution in [0.25, 0.3) is 0 Å². The predicted molar refractivity (Wildman–Crippen MR) is 74.8 cm³/mol. The third kappa shape index (κ3) is 4.21. The summed E-state index contributed by atoms with van der Waals surface area (Å²) >= 11 is 0. The second-order valence-electron chi connectivity index (χ2n) is 4.95. The van der Waals surface area contributed by atoms with Gasteiger partial charge in [0.05, 0.1) is 7.11 Å². The highest BCUT2D eigenvalue weighted by Gasteiger charge is 2.24. The number of hydrogen-bond acceptors (Lipinski definition) is 6. The lowest BCUT2D eigenvalue weighted by Gasteiger charge is -2.30. The van der Waals surface area contributed by atoms with Crippen LogP contribution in [0.4, 0.5) is 10.6 Å². The molecular weight excluding hydrogens is 292 g/mol. The molecule has 9 heteroatoms. The number of nitrogens with one attached hydrogen (secondary N) is 2. The van der Waals surface area contributed by atoms with E-state index in [1.54, 1.807) is 4.90 Å². The number of hydrogen-bond donors (Lipinski definition) is 2. The first-order chi connectivity index (χ1) is 10.6. The van der Waals surface area contributed by atoms with Crippen LogP contribution in [0.5, 0.6) is 0 Å². The van der Waals surface area contributed by atoms with Crippen LogP contribution in [0, 0.1) is 5.92 Å². The Kier molecular flexibility index (Phi) is 5.34. The number of anilines is 1. The van der Waals surface area contributed by atoms with Crippen molar-refractivity contribution in [3.05, 3.63) is 12.3 Å². The summed E-state index contributed by atoms with van der Waals surface area (Å²) in [6.45, 7) is 1.55. The third-order valence-electron chi connectivity index (χ3n) is 3.48. The second kappa shape index (κ2) is 7.43. The molecule has 9 nitrogen and oxygen atoms in total. The number of rotatable bonds is 3. The molecule has 0 radical (unpaired) electrons. The Bertz CT molecular complexity index is 523. The van der Waals surface area contributed by atoms with Gasteiger partial charge in [-0.3, -0.25) is 14.9 Å². The first-order valence-corrected chi connectivity index (χ1v) is 6.92. The zero-order chi connectivity index (χ0) is 15.9. The van der Waals surface area contributed by atoms with E-state index in [1.807, 2.05) is 0 Å². The van der Waals surface area contributed by atoms with E-state index in [2.05, 4.69) is 25.1 Å². The van der Waals surface area contributed by atoms with Gasteiger partial charge in [0.1, 0.15) is 6.26 Å². The largest absolute Gasteiger partial charge is 0.453 e. The molecule has 2 N–H and O–H groups in total. The Morgan fingerprint density at radius 1 is 1.36 bits per heavy atom. The van der Waals surface area contributed by atoms with E-state index < -0.39 is 11.8 Å². The highest BCUT2D eigenvalue weighted by Crippen LogP contribution is 2.16. The predicted octanol–water partition coefficient (Wildman–Crippen LogP) is 0.208. The van der Waals surface area contributed by atoms with Crippen molar-refractivity contribution in [1.82, 2.24) is 15.4 Å². The minimum absolute atomic E-state index is 0.187. The number of nitrogens with zero attached hydrogens (tertiary/aromatic N) is 2. The molecule has 1 saturated heterocycles. The third-order valence-corrected chi connectivity index (χ3v) is 3.48. The van der Waals surface area contributed by atoms with Crippen molar-refractivity contribution >= 4 is 23.7 Å². The summed E-state index contributed by atoms with van der Waals surface area (Å²) < 4.78 is 9.21. The summed E-state index contributed by atoms with van der Waals surface area (Å²) in [4.78, 5) is 36.2. The summed E-state index contributed by atoms with van der Waals surface area (Å²) in [7, 11) is 1.35. The molecule has 0 spiro atoms. The summed E-state index contributed by atoms with van der Waals surface area (Å²) in [5.41, 5.74) is 0. The quantitative estimate of drug-likeness (QED) is 0.771. The Labute approximate surface area is 126 Å². The molecule has 0 unspecified atom stereocenters. The smallest absolute Gasteiger partial charge is 0.409 e. The van der Waals surface area contributed by atoms with Crippen LogP contribution in [0.2, 0.25) is 0 Å². The van der Waals surface area contributed by atoms with E-state index in [1.165, 1.54) is 19.4 Å². The minimum Gasteiger partial charge on any atom is -0.453 e. The van der Waals surface area contributed by atoms with Crippen molar-refractivity contribution in [2.75, 3.05) is 32.1 Å². The number of ether oxygens (including phenoxy) is 1. The first kappa shape index (κ1) is 15.8. The Morgan fingerprint density at radius 3 is 2.68 bits per heavy atom. The number of carbonyl (C=O) groups excluding carboxylic acids is 3. The van der Waals surface area contributed by atoms with Gasteiger partial charge < -0.3 is 19.5 Å². The van der Waals surface area contributed by atoms with Crippen LogP contribution < -0.4 is 10.6 Å². The lowest BCUT2D eigenvalue weighted by Crippen LogP contribution is -2.43. The van der Waals surface area contributed by atoms with Crippen LogP contribution in [0.15, 0.2) is 16.9 Å². The van der Waals surface area contributed by atoms with Crippen molar-refractivity contribution in [1.29, 1.82) is 0 Å². The fourth-order valence-corrected chi connectivity index (χ4v) is 2.22. The maximum atomic E-state index is 11.7. The summed E-state index contributed by atoms with van der Waals surface area (Å²) in [5.74, 6) is -1.10. The van der Waals surface area contributed by atoms with Crippen LogP contribution in [0.1, 0.15) is 12.8 Å². The molecule has 0 aliphatic carbocycles. The van der Waals surface area contributed by atoms with Gasteiger partial charge in [-0.25, -0.2) is 4.79 Å². The molecule has 0 saturated carbocycles. The molecule has 3 amide bonds. The highest BCUT2D eigenvalue weighted by atomic mass is 16.5. The molecule has 2 rings (SSSR count). The molecule has 1 aliphatic heterocycles. The number of amides is 3. The standard InChI is InChI=1S/C13H18N4O5/c1-21-13(20)17-5-2-9(3-6-17)8-14-11(18)12(19)15-10-4-7-22-16-10/h4,7,9H,2-3,5-6,8H2,1H3,(H,14,18)(H,15,16,19). The van der Waals surface area contributed by atoms with Crippen molar-refractivity contribution in [3.8, 4) is 0 Å². The van der Waals surface area contributed by atoms with E-state index in [-0.39, 0.29) is 17.8 Å². The van der Waals surface area contributed by atoms with Gasteiger partial charge in [-0.2, -0.15) is 0 Å². The van der Waals surface area contributed by atoms with Crippen molar-refractivity contribution in [2.24, 2.45) is 5.92 Å². The molecule has 0 aromatic carbocycles. The normalized spacial score (nSPS) is 15.2. The van der Waals surface area contributed by atoms with Gasteiger partial charge in [0, 0.05) is 25.7 Å². The number of likely N-dealkylation sites (tertiary alicyclic amines) is 1. The van der Waals surface area contributed by atoms with Crippen LogP contribution >= 0.6 is 0 Å². The van der Waals surface area contributed by atoms with Crippen molar-refractivity contribution < 1.29 is 23.6 Å². The van der Waals surface area contributed by atoms with Crippen LogP contribution in [-0.4, -0.2) is 54.7 Å². The lowest BCUT2D eigenvalue weighted by atomic mass is 9.97. The van der Waals surface area contributed by atoms with Crippen molar-refractivity contribution in [3.63, 3.8) is 0 Å². The Balaban J connectivity index is 1.69. The van der Waals surface area contributed by atoms with Crippen LogP contribution in [0.3, 0.4) is 0 Å². The number of aromatic nitrogens is 1. The average Bonchev–Trinajstić information content (AvgIpc) is 3.05. The molecular formula is C13H18N4O5. The maximum Gasteiger partial charge on any atom is 0.409 e. The van der Waals surface area contributed by atoms with Gasteiger partial charge in [0.15, 0.2) is 5.82 Å². The van der Waals surface area contributed by atoms with E-state index in [0.29, 0.717) is 19.6 Å². The van der Waals surface area contributed by atoms with Gasteiger partial charge in [-0.05, 0) is 18.8 Å². The zero-order valence-electron chi connectivity index (χ0n) is 12.2. The highest BCUT2D eigenvalue weighted by molar-refractivity contribution is 6.39. The molecule has 2 heterocycles. The minimum atomic E-state index is -0.791. The van der Waals surface area contributed by atoms with Gasteiger partial charge in [-0.15, -0.1) is 0 Å². The Hall–Kier alpha value is -2.58.